The van der Waals surface area contributed by atoms with Gasteiger partial charge >= 0.3 is 5.97 Å². The molecule has 0 unspecified atom stereocenters. The number of hydrogen-bond donors (Lipinski definition) is 2. The summed E-state index contributed by atoms with van der Waals surface area (Å²) in [7, 11) is 0. The van der Waals surface area contributed by atoms with Crippen molar-refractivity contribution >= 4 is 50.2 Å². The second kappa shape index (κ2) is 4.58. The van der Waals surface area contributed by atoms with Crippen LogP contribution >= 0.6 is 27.5 Å². The lowest BCUT2D eigenvalue weighted by molar-refractivity contribution is 0.0530. The van der Waals surface area contributed by atoms with Crippen molar-refractivity contribution in [3.05, 3.63) is 27.2 Å². The molecule has 0 bridgehead atoms. The molecular formula is C11H10BrClN2O2. The van der Waals surface area contributed by atoms with E-state index < -0.39 is 5.97 Å². The smallest absolute Gasteiger partial charge is 0.342 e. The molecule has 90 valence electrons. The van der Waals surface area contributed by atoms with E-state index in [-0.39, 0.29) is 5.82 Å². The summed E-state index contributed by atoms with van der Waals surface area (Å²) in [4.78, 5) is 14.7. The zero-order valence-electron chi connectivity index (χ0n) is 9.01. The third-order valence-corrected chi connectivity index (χ3v) is 3.18. The van der Waals surface area contributed by atoms with Crippen LogP contribution < -0.4 is 5.73 Å². The van der Waals surface area contributed by atoms with E-state index in [2.05, 4.69) is 20.9 Å². The van der Waals surface area contributed by atoms with Crippen LogP contribution in [0.25, 0.3) is 10.9 Å². The van der Waals surface area contributed by atoms with Crippen LogP contribution in [0.4, 0.5) is 5.82 Å². The molecule has 0 atom stereocenters. The second-order valence-corrected chi connectivity index (χ2v) is 4.74. The number of rotatable bonds is 2. The molecule has 2 aromatic rings. The number of aromatic nitrogens is 1. The summed E-state index contributed by atoms with van der Waals surface area (Å²) in [5, 5.41) is 1.18. The first-order valence-corrected chi connectivity index (χ1v) is 6.15. The Balaban J connectivity index is 2.70. The van der Waals surface area contributed by atoms with Crippen LogP contribution in [0.2, 0.25) is 5.02 Å². The molecule has 0 radical (unpaired) electrons. The van der Waals surface area contributed by atoms with E-state index in [0.717, 1.165) is 9.99 Å². The molecule has 3 N–H and O–H groups in total. The molecule has 17 heavy (non-hydrogen) atoms. The molecule has 2 rings (SSSR count). The number of H-pyrrole nitrogens is 1. The van der Waals surface area contributed by atoms with E-state index in [1.54, 1.807) is 19.1 Å². The number of nitrogens with two attached hydrogens (primary N) is 1. The molecule has 0 saturated heterocycles. The third kappa shape index (κ3) is 2.12. The second-order valence-electron chi connectivity index (χ2n) is 3.44. The molecule has 0 saturated carbocycles. The van der Waals surface area contributed by atoms with Crippen molar-refractivity contribution in [1.82, 2.24) is 4.98 Å². The first-order chi connectivity index (χ1) is 8.04. The summed E-state index contributed by atoms with van der Waals surface area (Å²) in [6.45, 7) is 2.04. The van der Waals surface area contributed by atoms with E-state index in [1.807, 2.05) is 0 Å². The quantitative estimate of drug-likeness (QED) is 0.835. The first-order valence-electron chi connectivity index (χ1n) is 4.98. The van der Waals surface area contributed by atoms with Gasteiger partial charge in [-0.1, -0.05) is 11.6 Å². The fraction of sp³-hybridized carbons (Fsp3) is 0.182. The molecule has 0 aliphatic heterocycles. The van der Waals surface area contributed by atoms with E-state index >= 15 is 0 Å². The minimum atomic E-state index is -0.453. The fourth-order valence-corrected chi connectivity index (χ4v) is 2.57. The summed E-state index contributed by atoms with van der Waals surface area (Å²) in [5.41, 5.74) is 6.84. The summed E-state index contributed by atoms with van der Waals surface area (Å²) in [6.07, 6.45) is 0. The number of aromatic amines is 1. The van der Waals surface area contributed by atoms with Gasteiger partial charge in [-0.05, 0) is 35.0 Å². The van der Waals surface area contributed by atoms with E-state index in [4.69, 9.17) is 22.1 Å². The van der Waals surface area contributed by atoms with E-state index in [9.17, 15) is 4.79 Å². The highest BCUT2D eigenvalue weighted by Gasteiger charge is 2.19. The van der Waals surface area contributed by atoms with Crippen molar-refractivity contribution in [1.29, 1.82) is 0 Å². The standard InChI is InChI=1S/C11H10BrClN2O2/c1-2-17-11(16)8-6-3-5(13)4-7(12)9(6)15-10(8)14/h3-4,15H,2,14H2,1H3. The normalized spacial score (nSPS) is 10.8. The number of benzene rings is 1. The fourth-order valence-electron chi connectivity index (χ4n) is 1.66. The van der Waals surface area contributed by atoms with Crippen molar-refractivity contribution in [2.24, 2.45) is 0 Å². The number of hydrogen-bond acceptors (Lipinski definition) is 3. The third-order valence-electron chi connectivity index (χ3n) is 2.33. The Bertz CT molecular complexity index is 595. The predicted octanol–water partition coefficient (Wildman–Crippen LogP) is 3.34. The van der Waals surface area contributed by atoms with E-state index in [0.29, 0.717) is 22.6 Å². The van der Waals surface area contributed by atoms with Crippen LogP contribution in [-0.2, 0) is 4.74 Å². The van der Waals surface area contributed by atoms with Gasteiger partial charge in [-0.25, -0.2) is 4.79 Å². The van der Waals surface area contributed by atoms with Gasteiger partial charge in [-0.3, -0.25) is 0 Å². The van der Waals surface area contributed by atoms with Crippen LogP contribution in [0.3, 0.4) is 0 Å². The summed E-state index contributed by atoms with van der Waals surface area (Å²) in [5.74, 6) is -0.174. The number of ether oxygens (including phenoxy) is 1. The lowest BCUT2D eigenvalue weighted by Crippen LogP contribution is -2.06. The zero-order chi connectivity index (χ0) is 12.6. The van der Waals surface area contributed by atoms with Crippen molar-refractivity contribution in [3.8, 4) is 0 Å². The maximum atomic E-state index is 11.8. The van der Waals surface area contributed by atoms with Crippen LogP contribution in [0.15, 0.2) is 16.6 Å². The Morgan fingerprint density at radius 2 is 2.29 bits per heavy atom. The number of anilines is 1. The molecule has 0 spiro atoms. The molecule has 4 nitrogen and oxygen atoms in total. The lowest BCUT2D eigenvalue weighted by atomic mass is 10.1. The molecule has 1 aromatic carbocycles. The monoisotopic (exact) mass is 316 g/mol. The van der Waals surface area contributed by atoms with Crippen LogP contribution in [0.1, 0.15) is 17.3 Å². The number of nitrogen functional groups attached to an aromatic ring is 1. The zero-order valence-corrected chi connectivity index (χ0v) is 11.4. The maximum absolute atomic E-state index is 11.8. The Hall–Kier alpha value is -1.20. The maximum Gasteiger partial charge on any atom is 0.342 e. The molecule has 6 heteroatoms. The SMILES string of the molecule is CCOC(=O)c1c(N)[nH]c2c(Br)cc(Cl)cc12. The molecule has 1 heterocycles. The summed E-state index contributed by atoms with van der Waals surface area (Å²) in [6, 6.07) is 3.41. The number of carbonyl (C=O) groups excluding carboxylic acids is 1. The van der Waals surface area contributed by atoms with Crippen LogP contribution in [0.5, 0.6) is 0 Å². The van der Waals surface area contributed by atoms with E-state index in [1.165, 1.54) is 0 Å². The Kier molecular flexibility index (Phi) is 3.31. The highest BCUT2D eigenvalue weighted by atomic mass is 79.9. The lowest BCUT2D eigenvalue weighted by Gasteiger charge is -2.01. The molecule has 0 amide bonds. The Morgan fingerprint density at radius 1 is 1.59 bits per heavy atom. The van der Waals surface area contributed by atoms with Gasteiger partial charge < -0.3 is 15.5 Å². The number of carbonyl (C=O) groups is 1. The van der Waals surface area contributed by atoms with Crippen molar-refractivity contribution in [2.45, 2.75) is 6.92 Å². The van der Waals surface area contributed by atoms with Gasteiger partial charge in [0.25, 0.3) is 0 Å². The summed E-state index contributed by atoms with van der Waals surface area (Å²) < 4.78 is 5.71. The number of halogens is 2. The predicted molar refractivity (Wildman–Crippen MR) is 71.4 cm³/mol. The molecule has 0 aliphatic carbocycles. The van der Waals surface area contributed by atoms with Gasteiger partial charge in [0.2, 0.25) is 0 Å². The van der Waals surface area contributed by atoms with Gasteiger partial charge in [0.15, 0.2) is 0 Å². The van der Waals surface area contributed by atoms with Crippen molar-refractivity contribution < 1.29 is 9.53 Å². The topological polar surface area (TPSA) is 68.1 Å². The Labute approximate surface area is 111 Å². The molecular weight excluding hydrogens is 307 g/mol. The molecule has 0 aliphatic rings. The van der Waals surface area contributed by atoms with Gasteiger partial charge in [-0.15, -0.1) is 0 Å². The van der Waals surface area contributed by atoms with Gasteiger partial charge in [0.05, 0.1) is 12.1 Å². The number of fused-ring (bicyclic) bond motifs is 1. The van der Waals surface area contributed by atoms with Gasteiger partial charge in [-0.2, -0.15) is 0 Å². The highest BCUT2D eigenvalue weighted by molar-refractivity contribution is 9.10. The average molecular weight is 318 g/mol. The van der Waals surface area contributed by atoms with Crippen molar-refractivity contribution in [3.63, 3.8) is 0 Å². The van der Waals surface area contributed by atoms with Gasteiger partial charge in [0.1, 0.15) is 11.4 Å². The largest absolute Gasteiger partial charge is 0.462 e. The minimum absolute atomic E-state index is 0.279. The molecule has 1 aromatic heterocycles. The van der Waals surface area contributed by atoms with Crippen LogP contribution in [0, 0.1) is 0 Å². The van der Waals surface area contributed by atoms with Gasteiger partial charge in [0, 0.05) is 14.9 Å². The Morgan fingerprint density at radius 3 is 2.94 bits per heavy atom. The molecule has 0 fully saturated rings. The van der Waals surface area contributed by atoms with Crippen molar-refractivity contribution in [2.75, 3.05) is 12.3 Å². The average Bonchev–Trinajstić information content (AvgIpc) is 2.55. The number of nitrogens with one attached hydrogen (secondary N) is 1. The summed E-state index contributed by atoms with van der Waals surface area (Å²) >= 11 is 9.31. The van der Waals surface area contributed by atoms with Crippen LogP contribution in [-0.4, -0.2) is 17.6 Å². The first kappa shape index (κ1) is 12.3. The number of esters is 1. The minimum Gasteiger partial charge on any atom is -0.462 e. The highest BCUT2D eigenvalue weighted by Crippen LogP contribution is 2.33.